The quantitative estimate of drug-likeness (QED) is 0.832. The van der Waals surface area contributed by atoms with E-state index in [1.165, 1.54) is 18.3 Å². The predicted molar refractivity (Wildman–Crippen MR) is 52.4 cm³/mol. The van der Waals surface area contributed by atoms with Gasteiger partial charge in [-0.25, -0.2) is 0 Å². The van der Waals surface area contributed by atoms with Gasteiger partial charge in [0.2, 0.25) is 0 Å². The van der Waals surface area contributed by atoms with Crippen LogP contribution in [0.25, 0.3) is 0 Å². The highest BCUT2D eigenvalue weighted by atomic mass is 79.9. The van der Waals surface area contributed by atoms with Crippen LogP contribution in [0.4, 0.5) is 0 Å². The number of carbonyl (C=O) groups excluding carboxylic acids is 1. The van der Waals surface area contributed by atoms with Crippen LogP contribution in [0.3, 0.4) is 0 Å². The monoisotopic (exact) mass is 248 g/mol. The van der Waals surface area contributed by atoms with Crippen LogP contribution in [-0.2, 0) is 11.2 Å². The molecule has 0 radical (unpaired) electrons. The van der Waals surface area contributed by atoms with E-state index in [9.17, 15) is 9.90 Å². The molecule has 0 aliphatic heterocycles. The molecule has 0 aliphatic carbocycles. The minimum absolute atomic E-state index is 0.382. The summed E-state index contributed by atoms with van der Waals surface area (Å²) < 4.78 is 1.01. The van der Waals surface area contributed by atoms with Crippen LogP contribution in [0.2, 0.25) is 0 Å². The molecular formula is C8H9BrO2S. The topological polar surface area (TPSA) is 37.3 Å². The fourth-order valence-electron chi connectivity index (χ4n) is 0.841. The second-order valence-corrected chi connectivity index (χ2v) is 5.41. The SMILES string of the molecule is CC(O)(C=O)Cc1ccc(Br)s1. The van der Waals surface area contributed by atoms with Crippen LogP contribution in [0.15, 0.2) is 15.9 Å². The highest BCUT2D eigenvalue weighted by molar-refractivity contribution is 9.11. The summed E-state index contributed by atoms with van der Waals surface area (Å²) >= 11 is 4.84. The van der Waals surface area contributed by atoms with Gasteiger partial charge >= 0.3 is 0 Å². The molecule has 66 valence electrons. The summed E-state index contributed by atoms with van der Waals surface area (Å²) in [5, 5.41) is 9.41. The molecule has 1 aromatic heterocycles. The van der Waals surface area contributed by atoms with Crippen LogP contribution >= 0.6 is 27.3 Å². The second kappa shape index (κ2) is 3.68. The van der Waals surface area contributed by atoms with Crippen molar-refractivity contribution in [2.75, 3.05) is 0 Å². The van der Waals surface area contributed by atoms with Crippen molar-refractivity contribution in [2.45, 2.75) is 18.9 Å². The lowest BCUT2D eigenvalue weighted by Gasteiger charge is -2.13. The predicted octanol–water partition coefficient (Wildman–Crippen LogP) is 2.00. The third-order valence-electron chi connectivity index (χ3n) is 1.41. The van der Waals surface area contributed by atoms with Crippen molar-refractivity contribution in [2.24, 2.45) is 0 Å². The van der Waals surface area contributed by atoms with Gasteiger partial charge in [-0.3, -0.25) is 0 Å². The molecule has 0 aromatic carbocycles. The first kappa shape index (κ1) is 9.89. The molecular weight excluding hydrogens is 240 g/mol. The fourth-order valence-corrected chi connectivity index (χ4v) is 2.48. The molecule has 12 heavy (non-hydrogen) atoms. The summed E-state index contributed by atoms with van der Waals surface area (Å²) in [5.41, 5.74) is -1.23. The molecule has 0 aliphatic rings. The van der Waals surface area contributed by atoms with Gasteiger partial charge in [-0.05, 0) is 35.0 Å². The number of rotatable bonds is 3. The van der Waals surface area contributed by atoms with Crippen LogP contribution in [0.1, 0.15) is 11.8 Å². The van der Waals surface area contributed by atoms with E-state index in [0.29, 0.717) is 12.7 Å². The van der Waals surface area contributed by atoms with Crippen LogP contribution in [-0.4, -0.2) is 17.0 Å². The third-order valence-corrected chi connectivity index (χ3v) is 3.04. The lowest BCUT2D eigenvalue weighted by atomic mass is 10.0. The number of thiophene rings is 1. The summed E-state index contributed by atoms with van der Waals surface area (Å²) in [7, 11) is 0. The third kappa shape index (κ3) is 2.69. The van der Waals surface area contributed by atoms with E-state index in [4.69, 9.17) is 0 Å². The van der Waals surface area contributed by atoms with Gasteiger partial charge in [-0.15, -0.1) is 11.3 Å². The van der Waals surface area contributed by atoms with E-state index in [1.54, 1.807) is 0 Å². The Kier molecular flexibility index (Phi) is 3.04. The molecule has 0 amide bonds. The van der Waals surface area contributed by atoms with Gasteiger partial charge in [0, 0.05) is 11.3 Å². The van der Waals surface area contributed by atoms with Crippen molar-refractivity contribution in [3.63, 3.8) is 0 Å². The van der Waals surface area contributed by atoms with E-state index in [2.05, 4.69) is 15.9 Å². The number of carbonyl (C=O) groups is 1. The Morgan fingerprint density at radius 3 is 2.83 bits per heavy atom. The molecule has 1 N–H and O–H groups in total. The van der Waals surface area contributed by atoms with E-state index >= 15 is 0 Å². The van der Waals surface area contributed by atoms with Gasteiger partial charge in [-0.2, -0.15) is 0 Å². The number of hydrogen-bond acceptors (Lipinski definition) is 3. The first-order valence-electron chi connectivity index (χ1n) is 3.46. The molecule has 0 bridgehead atoms. The Bertz CT molecular complexity index is 280. The first-order chi connectivity index (χ1) is 5.53. The molecule has 0 saturated carbocycles. The number of halogens is 1. The van der Waals surface area contributed by atoms with E-state index in [1.807, 2.05) is 12.1 Å². The maximum Gasteiger partial charge on any atom is 0.151 e. The molecule has 0 spiro atoms. The molecule has 2 nitrogen and oxygen atoms in total. The number of aliphatic hydroxyl groups is 1. The van der Waals surface area contributed by atoms with Crippen molar-refractivity contribution in [1.82, 2.24) is 0 Å². The Morgan fingerprint density at radius 2 is 2.42 bits per heavy atom. The van der Waals surface area contributed by atoms with Crippen molar-refractivity contribution < 1.29 is 9.90 Å². The molecule has 1 heterocycles. The zero-order valence-electron chi connectivity index (χ0n) is 6.58. The zero-order valence-corrected chi connectivity index (χ0v) is 8.98. The molecule has 4 heteroatoms. The summed E-state index contributed by atoms with van der Waals surface area (Å²) in [4.78, 5) is 11.4. The Hall–Kier alpha value is -0.190. The minimum atomic E-state index is -1.23. The lowest BCUT2D eigenvalue weighted by Crippen LogP contribution is -2.28. The normalized spacial score (nSPS) is 15.6. The van der Waals surface area contributed by atoms with Crippen molar-refractivity contribution >= 4 is 33.6 Å². The molecule has 1 unspecified atom stereocenters. The van der Waals surface area contributed by atoms with Crippen molar-refractivity contribution in [3.8, 4) is 0 Å². The van der Waals surface area contributed by atoms with Gasteiger partial charge in [0.05, 0.1) is 3.79 Å². The van der Waals surface area contributed by atoms with Crippen LogP contribution < -0.4 is 0 Å². The summed E-state index contributed by atoms with van der Waals surface area (Å²) in [6.45, 7) is 1.51. The zero-order chi connectivity index (χ0) is 9.19. The molecule has 1 atom stereocenters. The second-order valence-electron chi connectivity index (χ2n) is 2.86. The molecule has 1 rings (SSSR count). The van der Waals surface area contributed by atoms with Gasteiger partial charge in [0.15, 0.2) is 6.29 Å². The first-order valence-corrected chi connectivity index (χ1v) is 5.07. The highest BCUT2D eigenvalue weighted by Gasteiger charge is 2.20. The fraction of sp³-hybridized carbons (Fsp3) is 0.375. The molecule has 1 aromatic rings. The Balaban J connectivity index is 2.69. The lowest BCUT2D eigenvalue weighted by molar-refractivity contribution is -0.122. The average molecular weight is 249 g/mol. The van der Waals surface area contributed by atoms with Crippen LogP contribution in [0.5, 0.6) is 0 Å². The van der Waals surface area contributed by atoms with Gasteiger partial charge in [0.1, 0.15) is 5.60 Å². The van der Waals surface area contributed by atoms with E-state index in [-0.39, 0.29) is 0 Å². The Morgan fingerprint density at radius 1 is 1.75 bits per heavy atom. The molecule has 0 saturated heterocycles. The van der Waals surface area contributed by atoms with Gasteiger partial charge in [0.25, 0.3) is 0 Å². The summed E-state index contributed by atoms with van der Waals surface area (Å²) in [6, 6.07) is 3.80. The molecule has 0 fully saturated rings. The average Bonchev–Trinajstić information content (AvgIpc) is 2.35. The van der Waals surface area contributed by atoms with Gasteiger partial charge in [-0.1, -0.05) is 0 Å². The summed E-state index contributed by atoms with van der Waals surface area (Å²) in [5.74, 6) is 0. The van der Waals surface area contributed by atoms with Gasteiger partial charge < -0.3 is 9.90 Å². The largest absolute Gasteiger partial charge is 0.382 e. The van der Waals surface area contributed by atoms with E-state index in [0.717, 1.165) is 8.66 Å². The minimum Gasteiger partial charge on any atom is -0.382 e. The number of aldehydes is 1. The Labute approximate surface area is 83.4 Å². The standard InChI is InChI=1S/C8H9BrO2S/c1-8(11,5-10)4-6-2-3-7(9)12-6/h2-3,5,11H,4H2,1H3. The number of hydrogen-bond donors (Lipinski definition) is 1. The highest BCUT2D eigenvalue weighted by Crippen LogP contribution is 2.24. The van der Waals surface area contributed by atoms with Crippen LogP contribution in [0, 0.1) is 0 Å². The maximum atomic E-state index is 10.4. The van der Waals surface area contributed by atoms with E-state index < -0.39 is 5.60 Å². The van der Waals surface area contributed by atoms with Crippen molar-refractivity contribution in [1.29, 1.82) is 0 Å². The summed E-state index contributed by atoms with van der Waals surface area (Å²) in [6.07, 6.45) is 0.952. The van der Waals surface area contributed by atoms with Crippen molar-refractivity contribution in [3.05, 3.63) is 20.8 Å². The smallest absolute Gasteiger partial charge is 0.151 e. The maximum absolute atomic E-state index is 10.4.